The molecule has 0 aromatic heterocycles. The van der Waals surface area contributed by atoms with Gasteiger partial charge in [0.15, 0.2) is 0 Å². The van der Waals surface area contributed by atoms with Gasteiger partial charge in [-0.1, -0.05) is 24.6 Å². The fraction of sp³-hybridized carbons (Fsp3) is 0.647. The molecule has 2 atom stereocenters. The zero-order valence-electron chi connectivity index (χ0n) is 13.7. The Bertz CT molecular complexity index is 450. The van der Waals surface area contributed by atoms with Crippen LogP contribution >= 0.6 is 0 Å². The van der Waals surface area contributed by atoms with Crippen molar-refractivity contribution in [2.75, 3.05) is 39.9 Å². The molecule has 118 valence electrons. The molecule has 1 fully saturated rings. The lowest BCUT2D eigenvalue weighted by atomic mass is 10.0. The molecular weight excluding hydrogens is 264 g/mol. The van der Waals surface area contributed by atoms with Crippen molar-refractivity contribution in [1.82, 2.24) is 10.2 Å². The number of aryl methyl sites for hydroxylation is 1. The van der Waals surface area contributed by atoms with E-state index in [1.54, 1.807) is 0 Å². The molecule has 1 aliphatic rings. The van der Waals surface area contributed by atoms with Crippen LogP contribution in [0.15, 0.2) is 18.2 Å². The van der Waals surface area contributed by atoms with Gasteiger partial charge >= 0.3 is 0 Å². The van der Waals surface area contributed by atoms with Gasteiger partial charge in [0.25, 0.3) is 0 Å². The highest BCUT2D eigenvalue weighted by atomic mass is 16.5. The average molecular weight is 292 g/mol. The van der Waals surface area contributed by atoms with Crippen molar-refractivity contribution in [2.45, 2.75) is 32.9 Å². The van der Waals surface area contributed by atoms with Crippen LogP contribution in [0.5, 0.6) is 5.75 Å². The van der Waals surface area contributed by atoms with Gasteiger partial charge < -0.3 is 14.8 Å². The second-order valence-electron chi connectivity index (χ2n) is 5.75. The Morgan fingerprint density at radius 3 is 3.00 bits per heavy atom. The minimum atomic E-state index is 0.165. The summed E-state index contributed by atoms with van der Waals surface area (Å²) in [7, 11) is 1.97. The Morgan fingerprint density at radius 2 is 2.29 bits per heavy atom. The first-order valence-electron chi connectivity index (χ1n) is 7.88. The van der Waals surface area contributed by atoms with Gasteiger partial charge in [-0.05, 0) is 33.5 Å². The molecule has 0 radical (unpaired) electrons. The van der Waals surface area contributed by atoms with Crippen LogP contribution < -0.4 is 10.1 Å². The maximum atomic E-state index is 6.06. The predicted molar refractivity (Wildman–Crippen MR) is 86.0 cm³/mol. The zero-order chi connectivity index (χ0) is 15.2. The molecule has 0 saturated carbocycles. The Kier molecular flexibility index (Phi) is 6.03. The lowest BCUT2D eigenvalue weighted by Gasteiger charge is -2.32. The first kappa shape index (κ1) is 16.3. The lowest BCUT2D eigenvalue weighted by Crippen LogP contribution is -2.44. The van der Waals surface area contributed by atoms with Crippen LogP contribution in [0, 0.1) is 6.92 Å². The van der Waals surface area contributed by atoms with Crippen molar-refractivity contribution in [1.29, 1.82) is 0 Å². The van der Waals surface area contributed by atoms with Crippen LogP contribution in [-0.2, 0) is 4.74 Å². The maximum Gasteiger partial charge on any atom is 0.124 e. The molecule has 1 N–H and O–H groups in total. The largest absolute Gasteiger partial charge is 0.490 e. The number of likely N-dealkylation sites (N-methyl/N-ethyl adjacent to an activating group) is 1. The number of nitrogens with one attached hydrogen (secondary N) is 1. The SMILES string of the molecule is CCN1CCOC(COc2ccc(C)cc2C(C)NC)C1. The smallest absolute Gasteiger partial charge is 0.124 e. The number of ether oxygens (including phenoxy) is 2. The molecule has 2 rings (SSSR count). The second-order valence-corrected chi connectivity index (χ2v) is 5.75. The number of nitrogens with zero attached hydrogens (tertiary/aromatic N) is 1. The third-order valence-corrected chi connectivity index (χ3v) is 4.16. The van der Waals surface area contributed by atoms with Gasteiger partial charge in [-0.15, -0.1) is 0 Å². The van der Waals surface area contributed by atoms with Crippen LogP contribution in [0.1, 0.15) is 31.0 Å². The fourth-order valence-electron chi connectivity index (χ4n) is 2.64. The summed E-state index contributed by atoms with van der Waals surface area (Å²) < 4.78 is 11.9. The molecule has 0 bridgehead atoms. The third-order valence-electron chi connectivity index (χ3n) is 4.16. The number of hydrogen-bond donors (Lipinski definition) is 1. The van der Waals surface area contributed by atoms with E-state index in [1.807, 2.05) is 7.05 Å². The molecule has 1 aromatic carbocycles. The molecular formula is C17H28N2O2. The molecule has 0 amide bonds. The average Bonchev–Trinajstić information content (AvgIpc) is 2.53. The van der Waals surface area contributed by atoms with Gasteiger partial charge in [0, 0.05) is 24.7 Å². The van der Waals surface area contributed by atoms with Gasteiger partial charge in [0.05, 0.1) is 6.61 Å². The molecule has 1 aliphatic heterocycles. The Morgan fingerprint density at radius 1 is 1.48 bits per heavy atom. The normalized spacial score (nSPS) is 21.2. The molecule has 1 heterocycles. The minimum absolute atomic E-state index is 0.165. The summed E-state index contributed by atoms with van der Waals surface area (Å²) in [6, 6.07) is 6.64. The molecule has 2 unspecified atom stereocenters. The van der Waals surface area contributed by atoms with E-state index in [4.69, 9.17) is 9.47 Å². The van der Waals surface area contributed by atoms with Crippen LogP contribution in [0.2, 0.25) is 0 Å². The number of morpholine rings is 1. The van der Waals surface area contributed by atoms with Gasteiger partial charge in [0.2, 0.25) is 0 Å². The number of hydrogen-bond acceptors (Lipinski definition) is 4. The van der Waals surface area contributed by atoms with E-state index in [0.717, 1.165) is 32.0 Å². The van der Waals surface area contributed by atoms with Crippen molar-refractivity contribution >= 4 is 0 Å². The summed E-state index contributed by atoms with van der Waals surface area (Å²) in [5, 5.41) is 3.28. The number of rotatable bonds is 6. The molecule has 21 heavy (non-hydrogen) atoms. The summed E-state index contributed by atoms with van der Waals surface area (Å²) in [6.07, 6.45) is 0.165. The van der Waals surface area contributed by atoms with E-state index in [0.29, 0.717) is 6.61 Å². The fourth-order valence-corrected chi connectivity index (χ4v) is 2.64. The van der Waals surface area contributed by atoms with Gasteiger partial charge in [-0.25, -0.2) is 0 Å². The monoisotopic (exact) mass is 292 g/mol. The Labute approximate surface area is 128 Å². The highest BCUT2D eigenvalue weighted by Crippen LogP contribution is 2.26. The highest BCUT2D eigenvalue weighted by Gasteiger charge is 2.20. The zero-order valence-corrected chi connectivity index (χ0v) is 13.7. The Balaban J connectivity index is 1.99. The van der Waals surface area contributed by atoms with Crippen molar-refractivity contribution in [3.8, 4) is 5.75 Å². The van der Waals surface area contributed by atoms with Crippen LogP contribution in [0.4, 0.5) is 0 Å². The predicted octanol–water partition coefficient (Wildman–Crippen LogP) is 2.37. The van der Waals surface area contributed by atoms with Gasteiger partial charge in [-0.3, -0.25) is 4.90 Å². The van der Waals surface area contributed by atoms with E-state index >= 15 is 0 Å². The molecule has 0 spiro atoms. The molecule has 4 nitrogen and oxygen atoms in total. The van der Waals surface area contributed by atoms with Crippen molar-refractivity contribution < 1.29 is 9.47 Å². The molecule has 4 heteroatoms. The first-order chi connectivity index (χ1) is 10.1. The van der Waals surface area contributed by atoms with Crippen molar-refractivity contribution in [3.63, 3.8) is 0 Å². The standard InChI is InChI=1S/C17H28N2O2/c1-5-19-8-9-20-15(11-19)12-21-17-7-6-13(2)10-16(17)14(3)18-4/h6-7,10,14-15,18H,5,8-9,11-12H2,1-4H3. The van der Waals surface area contributed by atoms with E-state index in [-0.39, 0.29) is 12.1 Å². The van der Waals surface area contributed by atoms with Gasteiger partial charge in [0.1, 0.15) is 18.5 Å². The molecule has 1 aromatic rings. The summed E-state index contributed by atoms with van der Waals surface area (Å²) in [5.41, 5.74) is 2.46. The van der Waals surface area contributed by atoms with Crippen LogP contribution in [0.3, 0.4) is 0 Å². The van der Waals surface area contributed by atoms with Crippen LogP contribution in [0.25, 0.3) is 0 Å². The first-order valence-corrected chi connectivity index (χ1v) is 7.88. The van der Waals surface area contributed by atoms with Crippen molar-refractivity contribution in [2.24, 2.45) is 0 Å². The van der Waals surface area contributed by atoms with E-state index < -0.39 is 0 Å². The summed E-state index contributed by atoms with van der Waals surface area (Å²) in [6.45, 7) is 10.9. The topological polar surface area (TPSA) is 33.7 Å². The maximum absolute atomic E-state index is 6.06. The van der Waals surface area contributed by atoms with E-state index in [9.17, 15) is 0 Å². The minimum Gasteiger partial charge on any atom is -0.490 e. The van der Waals surface area contributed by atoms with Gasteiger partial charge in [-0.2, -0.15) is 0 Å². The van der Waals surface area contributed by atoms with Crippen molar-refractivity contribution in [3.05, 3.63) is 29.3 Å². The third kappa shape index (κ3) is 4.43. The lowest BCUT2D eigenvalue weighted by molar-refractivity contribution is -0.0465. The number of benzene rings is 1. The van der Waals surface area contributed by atoms with Crippen LogP contribution in [-0.4, -0.2) is 50.9 Å². The molecule has 0 aliphatic carbocycles. The summed E-state index contributed by atoms with van der Waals surface area (Å²) in [4.78, 5) is 2.41. The van der Waals surface area contributed by atoms with E-state index in [2.05, 4.69) is 49.2 Å². The summed E-state index contributed by atoms with van der Waals surface area (Å²) in [5.74, 6) is 0.958. The summed E-state index contributed by atoms with van der Waals surface area (Å²) >= 11 is 0. The second kappa shape index (κ2) is 7.78. The van der Waals surface area contributed by atoms with E-state index in [1.165, 1.54) is 11.1 Å². The quantitative estimate of drug-likeness (QED) is 0.873. The highest BCUT2D eigenvalue weighted by molar-refractivity contribution is 5.39. The molecule has 1 saturated heterocycles. The Hall–Kier alpha value is -1.10.